The summed E-state index contributed by atoms with van der Waals surface area (Å²) in [7, 11) is 0. The fourth-order valence-corrected chi connectivity index (χ4v) is 14.3. The fraction of sp³-hybridized carbons (Fsp3) is 0.951. The molecule has 0 bridgehead atoms. The van der Waals surface area contributed by atoms with Gasteiger partial charge in [0.25, 0.3) is 0 Å². The quantitative estimate of drug-likeness (QED) is 0.173. The minimum atomic E-state index is -1.59. The number of hydrogen-bond donors (Lipinski definition) is 6. The van der Waals surface area contributed by atoms with Crippen molar-refractivity contribution in [2.24, 2.45) is 56.7 Å². The second-order valence-corrected chi connectivity index (χ2v) is 19.9. The largest absolute Gasteiger partial charge is 0.394 e. The minimum absolute atomic E-state index is 0.144. The van der Waals surface area contributed by atoms with E-state index in [0.717, 1.165) is 31.1 Å². The molecule has 2 saturated heterocycles. The zero-order chi connectivity index (χ0) is 37.1. The predicted octanol–water partition coefficient (Wildman–Crippen LogP) is 4.31. The normalized spacial score (nSPS) is 56.7. The molecule has 7 rings (SSSR count). The number of allylic oxidation sites excluding steroid dienone is 1. The van der Waals surface area contributed by atoms with Crippen molar-refractivity contribution in [2.45, 2.75) is 174 Å². The molecule has 292 valence electrons. The first-order valence-electron chi connectivity index (χ1n) is 20.1. The summed E-state index contributed by atoms with van der Waals surface area (Å²) in [6, 6.07) is 0. The molecular weight excluding hydrogens is 652 g/mol. The minimum Gasteiger partial charge on any atom is -0.394 e. The molecule has 0 unspecified atom stereocenters. The topological polar surface area (TPSA) is 158 Å². The lowest BCUT2D eigenvalue weighted by Crippen LogP contribution is -2.67. The van der Waals surface area contributed by atoms with Gasteiger partial charge < -0.3 is 49.6 Å². The maximum absolute atomic E-state index is 11.3. The van der Waals surface area contributed by atoms with Gasteiger partial charge in [-0.15, -0.1) is 0 Å². The molecule has 0 aromatic rings. The number of aliphatic hydroxyl groups is 6. The summed E-state index contributed by atoms with van der Waals surface area (Å²) in [6.07, 6.45) is -0.544. The molecule has 51 heavy (non-hydrogen) atoms. The van der Waals surface area contributed by atoms with Crippen molar-refractivity contribution in [1.29, 1.82) is 0 Å². The number of hydrogen-bond acceptors (Lipinski definition) is 10. The van der Waals surface area contributed by atoms with Gasteiger partial charge in [-0.05, 0) is 128 Å². The van der Waals surface area contributed by atoms with Crippen LogP contribution >= 0.6 is 0 Å². The Kier molecular flexibility index (Phi) is 10.0. The Morgan fingerprint density at radius 1 is 0.725 bits per heavy atom. The average molecular weight is 721 g/mol. The van der Waals surface area contributed by atoms with E-state index in [2.05, 4.69) is 55.0 Å². The van der Waals surface area contributed by atoms with Gasteiger partial charge in [0.05, 0.1) is 19.3 Å². The van der Waals surface area contributed by atoms with E-state index in [1.807, 2.05) is 0 Å². The van der Waals surface area contributed by atoms with E-state index in [9.17, 15) is 30.6 Å². The monoisotopic (exact) mass is 720 g/mol. The summed E-state index contributed by atoms with van der Waals surface area (Å²) in [5, 5.41) is 63.1. The van der Waals surface area contributed by atoms with Crippen LogP contribution in [-0.4, -0.2) is 105 Å². The van der Waals surface area contributed by atoms with Crippen LogP contribution in [0.15, 0.2) is 12.2 Å². The van der Waals surface area contributed by atoms with Gasteiger partial charge in [-0.1, -0.05) is 53.7 Å². The second kappa shape index (κ2) is 13.2. The Morgan fingerprint density at radius 2 is 1.43 bits per heavy atom. The van der Waals surface area contributed by atoms with Crippen molar-refractivity contribution in [3.8, 4) is 0 Å². The molecule has 19 atom stereocenters. The Balaban J connectivity index is 1.07. The van der Waals surface area contributed by atoms with Crippen LogP contribution < -0.4 is 0 Å². The highest BCUT2D eigenvalue weighted by molar-refractivity contribution is 5.21. The van der Waals surface area contributed by atoms with Crippen molar-refractivity contribution < 1.29 is 49.6 Å². The average Bonchev–Trinajstić information content (AvgIpc) is 3.43. The van der Waals surface area contributed by atoms with E-state index < -0.39 is 61.9 Å². The molecule has 7 aliphatic rings. The lowest BCUT2D eigenvalue weighted by molar-refractivity contribution is -0.361. The van der Waals surface area contributed by atoms with Crippen molar-refractivity contribution in [2.75, 3.05) is 13.2 Å². The van der Waals surface area contributed by atoms with Crippen LogP contribution in [0.25, 0.3) is 0 Å². The highest BCUT2D eigenvalue weighted by Gasteiger charge is 2.70. The van der Waals surface area contributed by atoms with Crippen LogP contribution in [0, 0.1) is 56.7 Å². The van der Waals surface area contributed by atoms with Crippen molar-refractivity contribution in [3.05, 3.63) is 12.2 Å². The van der Waals surface area contributed by atoms with E-state index in [4.69, 9.17) is 18.9 Å². The van der Waals surface area contributed by atoms with E-state index >= 15 is 0 Å². The Hall–Kier alpha value is -0.660. The fourth-order valence-electron chi connectivity index (χ4n) is 14.3. The standard InChI is InChI=1S/C41H68O10/c1-21(2)22-11-14-38(5)17-18-40(7)23(29(22)38)9-10-27-39(6)15-13-28(37(3,4)26(39)12-16-41(27,40)8)50-36-33(47)31(45)34(25(19-42)49-36)51-35-32(46)30(44)24(43)20-48-35/h22-36,42-47H,1,9-20H2,2-8H3/t22-,23+,24+,25+,26-,27+,28-,29+,30-,31+,32+,33+,34+,35-,36-,38+,39-,40+,41+/m0/s1. The molecule has 0 spiro atoms. The van der Waals surface area contributed by atoms with Crippen molar-refractivity contribution in [1.82, 2.24) is 0 Å². The van der Waals surface area contributed by atoms with Gasteiger partial charge in [0.1, 0.15) is 42.7 Å². The maximum atomic E-state index is 11.3. The van der Waals surface area contributed by atoms with E-state index in [1.165, 1.54) is 50.5 Å². The zero-order valence-electron chi connectivity index (χ0n) is 32.2. The van der Waals surface area contributed by atoms with E-state index in [-0.39, 0.29) is 29.0 Å². The van der Waals surface area contributed by atoms with Crippen molar-refractivity contribution in [3.63, 3.8) is 0 Å². The van der Waals surface area contributed by atoms with Gasteiger partial charge in [0.2, 0.25) is 0 Å². The molecular formula is C41H68O10. The van der Waals surface area contributed by atoms with Crippen LogP contribution in [0.3, 0.4) is 0 Å². The lowest BCUT2D eigenvalue weighted by atomic mass is 9.32. The zero-order valence-corrected chi connectivity index (χ0v) is 32.2. The maximum Gasteiger partial charge on any atom is 0.186 e. The van der Waals surface area contributed by atoms with Crippen LogP contribution in [0.5, 0.6) is 0 Å². The van der Waals surface area contributed by atoms with E-state index in [0.29, 0.717) is 28.6 Å². The van der Waals surface area contributed by atoms with Gasteiger partial charge in [-0.25, -0.2) is 0 Å². The van der Waals surface area contributed by atoms with Crippen molar-refractivity contribution >= 4 is 0 Å². The smallest absolute Gasteiger partial charge is 0.186 e. The van der Waals surface area contributed by atoms with Gasteiger partial charge in [0.15, 0.2) is 12.6 Å². The Bertz CT molecular complexity index is 1310. The van der Waals surface area contributed by atoms with Crippen LogP contribution in [-0.2, 0) is 18.9 Å². The molecule has 2 aliphatic heterocycles. The number of rotatable bonds is 6. The van der Waals surface area contributed by atoms with Gasteiger partial charge in [-0.2, -0.15) is 0 Å². The van der Waals surface area contributed by atoms with E-state index in [1.54, 1.807) is 0 Å². The second-order valence-electron chi connectivity index (χ2n) is 19.9. The first-order chi connectivity index (χ1) is 23.8. The third kappa shape index (κ3) is 5.70. The van der Waals surface area contributed by atoms with Crippen LogP contribution in [0.1, 0.15) is 113 Å². The molecule has 0 amide bonds. The number of aliphatic hydroxyl groups excluding tert-OH is 6. The summed E-state index contributed by atoms with van der Waals surface area (Å²) < 4.78 is 23.9. The summed E-state index contributed by atoms with van der Waals surface area (Å²) in [5.74, 6) is 3.15. The first-order valence-corrected chi connectivity index (χ1v) is 20.1. The van der Waals surface area contributed by atoms with Gasteiger partial charge in [-0.3, -0.25) is 0 Å². The third-order valence-electron chi connectivity index (χ3n) is 17.3. The summed E-state index contributed by atoms with van der Waals surface area (Å²) in [5.41, 5.74) is 2.30. The lowest BCUT2D eigenvalue weighted by Gasteiger charge is -2.73. The molecule has 0 aromatic carbocycles. The summed E-state index contributed by atoms with van der Waals surface area (Å²) in [6.45, 7) is 21.1. The molecule has 5 aliphatic carbocycles. The molecule has 10 heteroatoms. The highest BCUT2D eigenvalue weighted by atomic mass is 16.7. The Labute approximate surface area is 305 Å². The third-order valence-corrected chi connectivity index (χ3v) is 17.3. The number of fused-ring (bicyclic) bond motifs is 7. The SMILES string of the molecule is C=C(C)[C@@H]1CC[C@]2(C)CC[C@]3(C)[C@H](CC[C@@H]4[C@@]5(C)CC[C@H](O[C@@H]6O[C@H](CO)[C@@H](O[C@@H]7OC[C@@H](O)[C@H](O)[C@H]7O)[C@H](O)[C@H]6O)C(C)(C)[C@@H]5CC[C@]43C)[C@@H]12. The number of ether oxygens (including phenoxy) is 4. The molecule has 0 aromatic heterocycles. The highest BCUT2D eigenvalue weighted by Crippen LogP contribution is 2.77. The summed E-state index contributed by atoms with van der Waals surface area (Å²) >= 11 is 0. The molecule has 0 radical (unpaired) electrons. The van der Waals surface area contributed by atoms with Crippen LogP contribution in [0.2, 0.25) is 0 Å². The predicted molar refractivity (Wildman–Crippen MR) is 190 cm³/mol. The molecule has 6 N–H and O–H groups in total. The molecule has 7 fully saturated rings. The van der Waals surface area contributed by atoms with Gasteiger partial charge >= 0.3 is 0 Å². The first kappa shape index (κ1) is 38.6. The summed E-state index contributed by atoms with van der Waals surface area (Å²) in [4.78, 5) is 0. The van der Waals surface area contributed by atoms with Crippen LogP contribution in [0.4, 0.5) is 0 Å². The molecule has 2 heterocycles. The van der Waals surface area contributed by atoms with Gasteiger partial charge in [0, 0.05) is 0 Å². The molecule has 10 nitrogen and oxygen atoms in total. The Morgan fingerprint density at radius 3 is 2.12 bits per heavy atom. The molecule has 5 saturated carbocycles.